The number of alkyl halides is 2. The maximum atomic E-state index is 13.4. The van der Waals surface area contributed by atoms with E-state index in [-0.39, 0.29) is 42.7 Å². The second-order valence-corrected chi connectivity index (χ2v) is 10.8. The number of amides is 2. The number of para-hydroxylation sites is 1. The Kier molecular flexibility index (Phi) is 7.22. The van der Waals surface area contributed by atoms with Crippen molar-refractivity contribution in [2.75, 3.05) is 20.2 Å². The Morgan fingerprint density at radius 2 is 1.85 bits per heavy atom. The number of hydrogen-bond acceptors (Lipinski definition) is 4. The number of hydrogen-bond donors (Lipinski definition) is 2. The zero-order valence-corrected chi connectivity index (χ0v) is 22.5. The van der Waals surface area contributed by atoms with E-state index in [1.165, 1.54) is 7.11 Å². The Labute approximate surface area is 225 Å². The minimum absolute atomic E-state index is 0.0238. The molecule has 2 amide bonds. The first-order valence-electron chi connectivity index (χ1n) is 13.4. The predicted octanol–water partition coefficient (Wildman–Crippen LogP) is 4.17. The molecule has 3 heterocycles. The zero-order valence-electron chi connectivity index (χ0n) is 22.5. The Morgan fingerprint density at radius 3 is 2.51 bits per heavy atom. The molecule has 8 nitrogen and oxygen atoms in total. The Hall–Kier alpha value is -3.69. The van der Waals surface area contributed by atoms with E-state index in [4.69, 9.17) is 4.74 Å². The van der Waals surface area contributed by atoms with Gasteiger partial charge in [0.05, 0.1) is 24.8 Å². The summed E-state index contributed by atoms with van der Waals surface area (Å²) in [6.07, 6.45) is 0.878. The third-order valence-electron chi connectivity index (χ3n) is 8.14. The third-order valence-corrected chi connectivity index (χ3v) is 8.14. The van der Waals surface area contributed by atoms with E-state index in [1.807, 2.05) is 31.2 Å². The largest absolute Gasteiger partial charge is 0.496 e. The first kappa shape index (κ1) is 26.9. The molecular weight excluding hydrogens is 506 g/mol. The fraction of sp³-hybridized carbons (Fsp3) is 0.483. The number of nitrogens with zero attached hydrogens (tertiary/aromatic N) is 2. The number of aromatic amines is 1. The molecule has 3 aromatic rings. The van der Waals surface area contributed by atoms with Gasteiger partial charge in [0.15, 0.2) is 0 Å². The van der Waals surface area contributed by atoms with Crippen LogP contribution in [0, 0.1) is 25.7 Å². The quantitative estimate of drug-likeness (QED) is 0.470. The van der Waals surface area contributed by atoms with Crippen LogP contribution in [-0.4, -0.2) is 52.4 Å². The summed E-state index contributed by atoms with van der Waals surface area (Å²) in [6, 6.07) is 9.46. The minimum Gasteiger partial charge on any atom is -0.496 e. The van der Waals surface area contributed by atoms with Crippen LogP contribution in [0.4, 0.5) is 8.78 Å². The molecule has 1 aliphatic heterocycles. The second kappa shape index (κ2) is 10.5. The fourth-order valence-electron chi connectivity index (χ4n) is 5.93. The van der Waals surface area contributed by atoms with Crippen molar-refractivity contribution in [3.05, 3.63) is 63.2 Å². The predicted molar refractivity (Wildman–Crippen MR) is 143 cm³/mol. The van der Waals surface area contributed by atoms with E-state index in [1.54, 1.807) is 17.9 Å². The van der Waals surface area contributed by atoms with Crippen LogP contribution >= 0.6 is 0 Å². The fourth-order valence-corrected chi connectivity index (χ4v) is 5.93. The first-order chi connectivity index (χ1) is 18.6. The van der Waals surface area contributed by atoms with Gasteiger partial charge in [0.1, 0.15) is 5.75 Å². The number of carbonyl (C=O) groups is 2. The molecule has 1 saturated heterocycles. The van der Waals surface area contributed by atoms with E-state index >= 15 is 0 Å². The summed E-state index contributed by atoms with van der Waals surface area (Å²) in [5, 5.41) is 3.73. The average Bonchev–Trinajstić information content (AvgIpc) is 3.17. The third kappa shape index (κ3) is 5.29. The van der Waals surface area contributed by atoms with E-state index in [0.29, 0.717) is 42.2 Å². The van der Waals surface area contributed by atoms with Gasteiger partial charge in [-0.05, 0) is 44.7 Å². The summed E-state index contributed by atoms with van der Waals surface area (Å²) in [5.41, 5.74) is 3.05. The van der Waals surface area contributed by atoms with Gasteiger partial charge in [-0.2, -0.15) is 0 Å². The zero-order chi connectivity index (χ0) is 27.9. The van der Waals surface area contributed by atoms with Crippen LogP contribution in [0.25, 0.3) is 10.9 Å². The molecule has 0 spiro atoms. The van der Waals surface area contributed by atoms with Gasteiger partial charge >= 0.3 is 0 Å². The molecule has 0 atom stereocenters. The van der Waals surface area contributed by atoms with Crippen molar-refractivity contribution in [1.29, 1.82) is 0 Å². The molecule has 2 N–H and O–H groups in total. The number of fused-ring (bicyclic) bond motifs is 1. The molecule has 1 aromatic carbocycles. The lowest BCUT2D eigenvalue weighted by molar-refractivity contribution is -0.161. The summed E-state index contributed by atoms with van der Waals surface area (Å²) < 4.78 is 33.9. The van der Waals surface area contributed by atoms with Crippen LogP contribution in [-0.2, 0) is 17.9 Å². The van der Waals surface area contributed by atoms with Crippen molar-refractivity contribution in [3.63, 3.8) is 0 Å². The number of nitrogens with one attached hydrogen (secondary N) is 2. The summed E-state index contributed by atoms with van der Waals surface area (Å²) in [6.45, 7) is 5.52. The number of methoxy groups -OCH3 is 1. The Bertz CT molecular complexity index is 1460. The molecule has 0 bridgehead atoms. The van der Waals surface area contributed by atoms with E-state index in [2.05, 4.69) is 14.9 Å². The molecule has 1 aliphatic carbocycles. The van der Waals surface area contributed by atoms with Crippen LogP contribution in [0.3, 0.4) is 0 Å². The van der Waals surface area contributed by atoms with Crippen LogP contribution in [0.1, 0.15) is 53.0 Å². The monoisotopic (exact) mass is 540 g/mol. The number of piperidine rings is 1. The highest BCUT2D eigenvalue weighted by Crippen LogP contribution is 2.43. The maximum Gasteiger partial charge on any atom is 0.256 e. The van der Waals surface area contributed by atoms with Gasteiger partial charge in [0, 0.05) is 60.7 Å². The molecule has 2 fully saturated rings. The van der Waals surface area contributed by atoms with Gasteiger partial charge in [-0.15, -0.1) is 0 Å². The SMILES string of the molecule is COc1cc(C)[nH]c(=O)c1CNC(=O)c1c(C)n(CC2CCN(C(=O)C3CC(F)(F)C3)CC2)c2ccccc12. The standard InChI is InChI=1S/C29H34F2N4O4/c1-17-12-24(39-3)22(26(36)33-17)15-32-27(37)25-18(2)35(23-7-5-4-6-21(23)25)16-19-8-10-34(11-9-19)28(38)20-13-29(30,31)14-20/h4-7,12,19-20H,8-11,13-16H2,1-3H3,(H,32,37)(H,33,36). The number of aromatic nitrogens is 2. The van der Waals surface area contributed by atoms with Crippen molar-refractivity contribution in [2.24, 2.45) is 11.8 Å². The van der Waals surface area contributed by atoms with Crippen molar-refractivity contribution in [1.82, 2.24) is 19.8 Å². The number of rotatable bonds is 7. The van der Waals surface area contributed by atoms with Gasteiger partial charge in [-0.1, -0.05) is 18.2 Å². The molecule has 208 valence electrons. The lowest BCUT2D eigenvalue weighted by Crippen LogP contribution is -2.49. The van der Waals surface area contributed by atoms with E-state index < -0.39 is 11.8 Å². The van der Waals surface area contributed by atoms with Gasteiger partial charge < -0.3 is 24.5 Å². The molecular formula is C29H34F2N4O4. The van der Waals surface area contributed by atoms with Crippen LogP contribution < -0.4 is 15.6 Å². The summed E-state index contributed by atoms with van der Waals surface area (Å²) >= 11 is 0. The molecule has 5 rings (SSSR count). The number of pyridine rings is 1. The average molecular weight is 541 g/mol. The van der Waals surface area contributed by atoms with Gasteiger partial charge in [0.2, 0.25) is 11.8 Å². The highest BCUT2D eigenvalue weighted by Gasteiger charge is 2.50. The smallest absolute Gasteiger partial charge is 0.256 e. The highest BCUT2D eigenvalue weighted by molar-refractivity contribution is 6.08. The molecule has 39 heavy (non-hydrogen) atoms. The molecule has 1 saturated carbocycles. The van der Waals surface area contributed by atoms with E-state index in [0.717, 1.165) is 29.4 Å². The van der Waals surface area contributed by atoms with E-state index in [9.17, 15) is 23.2 Å². The minimum atomic E-state index is -2.70. The summed E-state index contributed by atoms with van der Waals surface area (Å²) in [7, 11) is 1.49. The number of benzene rings is 1. The number of likely N-dealkylation sites (tertiary alicyclic amines) is 1. The van der Waals surface area contributed by atoms with Crippen molar-refractivity contribution < 1.29 is 23.1 Å². The van der Waals surface area contributed by atoms with Gasteiger partial charge in [-0.3, -0.25) is 14.4 Å². The lowest BCUT2D eigenvalue weighted by atomic mass is 9.80. The summed E-state index contributed by atoms with van der Waals surface area (Å²) in [4.78, 5) is 43.0. The van der Waals surface area contributed by atoms with Gasteiger partial charge in [0.25, 0.3) is 11.5 Å². The first-order valence-corrected chi connectivity index (χ1v) is 13.4. The number of H-pyrrole nitrogens is 1. The molecule has 0 radical (unpaired) electrons. The van der Waals surface area contributed by atoms with Gasteiger partial charge in [-0.25, -0.2) is 8.78 Å². The van der Waals surface area contributed by atoms with Crippen molar-refractivity contribution in [3.8, 4) is 5.75 Å². The van der Waals surface area contributed by atoms with Crippen LogP contribution in [0.15, 0.2) is 35.1 Å². The van der Waals surface area contributed by atoms with Crippen molar-refractivity contribution in [2.45, 2.75) is 58.5 Å². The lowest BCUT2D eigenvalue weighted by Gasteiger charge is -2.40. The normalized spacial score (nSPS) is 17.7. The molecule has 0 unspecified atom stereocenters. The molecule has 2 aliphatic rings. The second-order valence-electron chi connectivity index (χ2n) is 10.8. The number of ether oxygens (including phenoxy) is 1. The maximum absolute atomic E-state index is 13.4. The number of halogens is 2. The van der Waals surface area contributed by atoms with Crippen LogP contribution in [0.2, 0.25) is 0 Å². The molecule has 10 heteroatoms. The Morgan fingerprint density at radius 1 is 1.15 bits per heavy atom. The Balaban J connectivity index is 1.29. The number of carbonyl (C=O) groups excluding carboxylic acids is 2. The number of aryl methyl sites for hydroxylation is 1. The van der Waals surface area contributed by atoms with Crippen molar-refractivity contribution >= 4 is 22.7 Å². The highest BCUT2D eigenvalue weighted by atomic mass is 19.3. The molecule has 2 aromatic heterocycles. The summed E-state index contributed by atoms with van der Waals surface area (Å²) in [5.74, 6) is -2.96. The topological polar surface area (TPSA) is 96.4 Å². The van der Waals surface area contributed by atoms with Crippen LogP contribution in [0.5, 0.6) is 5.75 Å².